The third-order valence-electron chi connectivity index (χ3n) is 10.1. The van der Waals surface area contributed by atoms with Crippen LogP contribution >= 0.6 is 0 Å². The van der Waals surface area contributed by atoms with Crippen LogP contribution in [0.25, 0.3) is 22.3 Å². The summed E-state index contributed by atoms with van der Waals surface area (Å²) in [6.45, 7) is 4.91. The molecule has 15 nitrogen and oxygen atoms in total. The van der Waals surface area contributed by atoms with Gasteiger partial charge >= 0.3 is 17.9 Å². The number of ether oxygens (including phenoxy) is 2. The van der Waals surface area contributed by atoms with Crippen LogP contribution in [0.4, 0.5) is 11.4 Å². The molecule has 5 heterocycles. The van der Waals surface area contributed by atoms with Gasteiger partial charge in [0.1, 0.15) is 12.6 Å². The number of anilines is 1. The molecular weight excluding hydrogens is 670 g/mol. The van der Waals surface area contributed by atoms with Gasteiger partial charge in [-0.1, -0.05) is 39.2 Å². The third-order valence-corrected chi connectivity index (χ3v) is 10.1. The van der Waals surface area contributed by atoms with Gasteiger partial charge in [0.05, 0.1) is 58.2 Å². The third kappa shape index (κ3) is 6.65. The largest absolute Gasteiger partial charge is 0.480 e. The van der Waals surface area contributed by atoms with Gasteiger partial charge in [0.2, 0.25) is 11.5 Å². The molecule has 0 unspecified atom stereocenters. The summed E-state index contributed by atoms with van der Waals surface area (Å²) >= 11 is 0. The maximum absolute atomic E-state index is 14.2. The molecule has 52 heavy (non-hydrogen) atoms. The maximum Gasteiger partial charge on any atom is 0.355 e. The lowest BCUT2D eigenvalue weighted by Gasteiger charge is -2.35. The molecule has 3 aliphatic heterocycles. The molecule has 3 aliphatic rings. The van der Waals surface area contributed by atoms with Gasteiger partial charge in [0, 0.05) is 24.1 Å². The van der Waals surface area contributed by atoms with E-state index >= 15 is 0 Å². The van der Waals surface area contributed by atoms with Crippen LogP contribution < -0.4 is 27.2 Å². The second kappa shape index (κ2) is 15.2. The van der Waals surface area contributed by atoms with Crippen LogP contribution in [0.15, 0.2) is 34.1 Å². The first-order valence-electron chi connectivity index (χ1n) is 18.0. The Morgan fingerprint density at radius 3 is 2.65 bits per heavy atom. The highest BCUT2D eigenvalue weighted by atomic mass is 16.6. The number of aliphatic imine (C=N–C) groups is 1. The highest BCUT2D eigenvalue weighted by Crippen LogP contribution is 2.47. The van der Waals surface area contributed by atoms with Gasteiger partial charge in [0.25, 0.3) is 5.56 Å². The Kier molecular flexibility index (Phi) is 10.7. The number of nitrogens with one attached hydrogen (secondary N) is 1. The number of fused-ring (bicyclic) bond motifs is 5. The van der Waals surface area contributed by atoms with E-state index in [-0.39, 0.29) is 42.7 Å². The van der Waals surface area contributed by atoms with E-state index in [1.165, 1.54) is 0 Å². The summed E-state index contributed by atoms with van der Waals surface area (Å²) in [6.07, 6.45) is 5.66. The molecule has 0 saturated carbocycles. The zero-order valence-electron chi connectivity index (χ0n) is 29.5. The lowest BCUT2D eigenvalue weighted by molar-refractivity contribution is -0.189. The van der Waals surface area contributed by atoms with E-state index in [0.29, 0.717) is 42.7 Å². The summed E-state index contributed by atoms with van der Waals surface area (Å²) in [4.78, 5) is 77.5. The number of nitrogens with two attached hydrogens (primary N) is 2. The normalized spacial score (nSPS) is 17.9. The molecule has 0 fully saturated rings. The summed E-state index contributed by atoms with van der Waals surface area (Å²) in [5, 5.41) is 13.1. The molecule has 1 aromatic carbocycles. The van der Waals surface area contributed by atoms with E-state index in [9.17, 15) is 29.1 Å². The molecule has 0 aliphatic carbocycles. The number of hydrogen-bond acceptors (Lipinski definition) is 12. The number of rotatable bonds is 16. The molecule has 276 valence electrons. The van der Waals surface area contributed by atoms with Crippen molar-refractivity contribution >= 4 is 52.4 Å². The second-order valence-electron chi connectivity index (χ2n) is 13.5. The lowest BCUT2D eigenvalue weighted by atomic mass is 9.85. The standard InChI is InChI=1S/C37H45N7O8/c1-3-5-8-16-43-20-40-25-11-9-12-26-30(25)32(43)21-18-44-28(31(21)41-26)17-23-22(34(44)47)19-51-36(50)37(23,4-2)52-29(45)14-13-27(35(48)49)42-33(46)24(39)10-6-7-15-38/h9,11-12,17,20,24,27H,3-8,10,13-16,18-19,38-39H2,1-2H3,(H,42,46)(H,48,49)/t24-,27+,37-/m0/s1. The Hall–Kier alpha value is -5.15. The lowest BCUT2D eigenvalue weighted by Crippen LogP contribution is -2.49. The monoisotopic (exact) mass is 715 g/mol. The van der Waals surface area contributed by atoms with Crippen LogP contribution in [0.1, 0.15) is 88.3 Å². The van der Waals surface area contributed by atoms with Crippen LogP contribution in [0, 0.1) is 0 Å². The average molecular weight is 716 g/mol. The minimum Gasteiger partial charge on any atom is -0.480 e. The van der Waals surface area contributed by atoms with Crippen LogP contribution in [-0.2, 0) is 47.4 Å². The zero-order valence-corrected chi connectivity index (χ0v) is 29.5. The average Bonchev–Trinajstić information content (AvgIpc) is 3.50. The number of carboxylic acids is 1. The molecule has 0 spiro atoms. The fraction of sp³-hybridized carbons (Fsp3) is 0.486. The van der Waals surface area contributed by atoms with Crippen molar-refractivity contribution in [1.82, 2.24) is 14.9 Å². The molecule has 15 heteroatoms. The first-order valence-corrected chi connectivity index (χ1v) is 18.0. The first-order chi connectivity index (χ1) is 25.0. The van der Waals surface area contributed by atoms with Crippen molar-refractivity contribution in [3.63, 3.8) is 0 Å². The zero-order chi connectivity index (χ0) is 37.2. The summed E-state index contributed by atoms with van der Waals surface area (Å²) in [5.74, 6) is -3.75. The predicted molar refractivity (Wildman–Crippen MR) is 193 cm³/mol. The van der Waals surface area contributed by atoms with Crippen LogP contribution in [-0.4, -0.2) is 70.0 Å². The van der Waals surface area contributed by atoms with Gasteiger partial charge in [-0.05, 0) is 56.8 Å². The Balaban J connectivity index is 1.31. The van der Waals surface area contributed by atoms with Gasteiger partial charge < -0.3 is 40.8 Å². The molecule has 0 radical (unpaired) electrons. The number of aliphatic carboxylic acids is 1. The number of amides is 1. The minimum atomic E-state index is -1.97. The van der Waals surface area contributed by atoms with Crippen molar-refractivity contribution in [2.45, 2.75) is 102 Å². The first kappa shape index (κ1) is 36.6. The van der Waals surface area contributed by atoms with Crippen LogP contribution in [0.3, 0.4) is 0 Å². The van der Waals surface area contributed by atoms with Gasteiger partial charge in [-0.15, -0.1) is 0 Å². The topological polar surface area (TPSA) is 222 Å². The highest BCUT2D eigenvalue weighted by molar-refractivity contribution is 6.11. The van der Waals surface area contributed by atoms with Crippen molar-refractivity contribution < 1.29 is 33.8 Å². The quantitative estimate of drug-likeness (QED) is 0.0971. The van der Waals surface area contributed by atoms with Gasteiger partial charge in [0.15, 0.2) is 0 Å². The number of esters is 2. The Morgan fingerprint density at radius 1 is 1.12 bits per heavy atom. The number of unbranched alkanes of at least 4 members (excludes halogenated alkanes) is 3. The van der Waals surface area contributed by atoms with E-state index in [1.54, 1.807) is 17.6 Å². The fourth-order valence-corrected chi connectivity index (χ4v) is 7.24. The Morgan fingerprint density at radius 2 is 1.92 bits per heavy atom. The number of nitrogens with zero attached hydrogens (tertiary/aromatic N) is 4. The number of carboxylic acid groups (broad SMARTS) is 1. The number of aromatic nitrogens is 2. The minimum absolute atomic E-state index is 0.0570. The van der Waals surface area contributed by atoms with Gasteiger partial charge in [-0.3, -0.25) is 14.4 Å². The maximum atomic E-state index is 14.2. The molecule has 2 aromatic heterocycles. The van der Waals surface area contributed by atoms with Gasteiger partial charge in [-0.25, -0.2) is 19.6 Å². The fourth-order valence-electron chi connectivity index (χ4n) is 7.24. The SMILES string of the molecule is CCCCCN1C=Nc2cccc3nc4c(c1c23)Cn1c-4cc2c(c1=O)COC(=O)[C@@]2(CC)OC(=O)CC[C@@H](NC(=O)[C@@H](N)CCCCN)C(=O)O. The van der Waals surface area contributed by atoms with Crippen LogP contribution in [0.5, 0.6) is 0 Å². The van der Waals surface area contributed by atoms with E-state index < -0.39 is 47.9 Å². The second-order valence-corrected chi connectivity index (χ2v) is 13.5. The number of carbonyl (C=O) groups excluding carboxylic acids is 3. The molecular formula is C37H45N7O8. The predicted octanol–water partition coefficient (Wildman–Crippen LogP) is 3.11. The number of benzene rings is 1. The van der Waals surface area contributed by atoms with Crippen molar-refractivity contribution in [1.29, 1.82) is 0 Å². The van der Waals surface area contributed by atoms with Crippen molar-refractivity contribution in [2.75, 3.05) is 18.0 Å². The van der Waals surface area contributed by atoms with E-state index in [1.807, 2.05) is 24.5 Å². The molecule has 0 saturated heterocycles. The summed E-state index contributed by atoms with van der Waals surface area (Å²) in [5.41, 5.74) is 13.8. The molecule has 3 atom stereocenters. The van der Waals surface area contributed by atoms with Crippen molar-refractivity contribution in [3.05, 3.63) is 51.3 Å². The molecule has 6 rings (SSSR count). The number of hydrogen-bond donors (Lipinski definition) is 4. The summed E-state index contributed by atoms with van der Waals surface area (Å²) in [7, 11) is 0. The number of pyridine rings is 2. The highest BCUT2D eigenvalue weighted by Gasteiger charge is 2.50. The van der Waals surface area contributed by atoms with E-state index in [2.05, 4.69) is 17.1 Å². The van der Waals surface area contributed by atoms with Crippen molar-refractivity contribution in [3.8, 4) is 11.4 Å². The molecule has 3 aromatic rings. The van der Waals surface area contributed by atoms with Crippen LogP contribution in [0.2, 0.25) is 0 Å². The summed E-state index contributed by atoms with van der Waals surface area (Å²) in [6, 6.07) is 5.06. The molecule has 0 bridgehead atoms. The van der Waals surface area contributed by atoms with E-state index in [0.717, 1.165) is 48.1 Å². The Labute approximate surface area is 300 Å². The smallest absolute Gasteiger partial charge is 0.355 e. The Bertz CT molecular complexity index is 2010. The van der Waals surface area contributed by atoms with Gasteiger partial charge in [-0.2, -0.15) is 0 Å². The molecule has 6 N–H and O–H groups in total. The number of carbonyl (C=O) groups is 4. The molecule has 1 amide bonds. The van der Waals surface area contributed by atoms with Crippen molar-refractivity contribution in [2.24, 2.45) is 16.5 Å². The summed E-state index contributed by atoms with van der Waals surface area (Å²) < 4.78 is 13.0. The van der Waals surface area contributed by atoms with E-state index in [4.69, 9.17) is 30.9 Å². The number of cyclic esters (lactones) is 1.